The summed E-state index contributed by atoms with van der Waals surface area (Å²) in [5.74, 6) is 3.15. The summed E-state index contributed by atoms with van der Waals surface area (Å²) in [6.07, 6.45) is 0. The first-order chi connectivity index (χ1) is 9.52. The highest BCUT2D eigenvalue weighted by Crippen LogP contribution is 2.24. The molecule has 20 heavy (non-hydrogen) atoms. The van der Waals surface area contributed by atoms with Crippen LogP contribution in [0.15, 0.2) is 18.2 Å². The SMILES string of the molecule is COc1ccc(CNC(C)C)cc1CSCCN(C)C. The number of benzene rings is 1. The molecule has 0 saturated heterocycles. The van der Waals surface area contributed by atoms with E-state index in [-0.39, 0.29) is 0 Å². The minimum Gasteiger partial charge on any atom is -0.496 e. The average Bonchev–Trinajstić information content (AvgIpc) is 2.41. The normalized spacial score (nSPS) is 11.3. The van der Waals surface area contributed by atoms with Gasteiger partial charge in [0.15, 0.2) is 0 Å². The molecule has 0 fully saturated rings. The lowest BCUT2D eigenvalue weighted by atomic mass is 10.1. The van der Waals surface area contributed by atoms with Gasteiger partial charge >= 0.3 is 0 Å². The molecule has 1 rings (SSSR count). The Labute approximate surface area is 128 Å². The van der Waals surface area contributed by atoms with E-state index >= 15 is 0 Å². The minimum atomic E-state index is 0.509. The number of hydrogen-bond donors (Lipinski definition) is 1. The number of thioether (sulfide) groups is 1. The Hall–Kier alpha value is -0.710. The Balaban J connectivity index is 2.58. The summed E-state index contributed by atoms with van der Waals surface area (Å²) in [5.41, 5.74) is 2.61. The van der Waals surface area contributed by atoms with Crippen molar-refractivity contribution in [2.75, 3.05) is 33.5 Å². The van der Waals surface area contributed by atoms with E-state index in [0.29, 0.717) is 6.04 Å². The monoisotopic (exact) mass is 296 g/mol. The maximum absolute atomic E-state index is 5.46. The molecule has 0 heterocycles. The summed E-state index contributed by atoms with van der Waals surface area (Å²) < 4.78 is 5.46. The summed E-state index contributed by atoms with van der Waals surface area (Å²) in [7, 11) is 5.97. The predicted molar refractivity (Wildman–Crippen MR) is 89.7 cm³/mol. The van der Waals surface area contributed by atoms with Crippen molar-refractivity contribution in [2.45, 2.75) is 32.2 Å². The number of nitrogens with one attached hydrogen (secondary N) is 1. The summed E-state index contributed by atoms with van der Waals surface area (Å²) in [5, 5.41) is 3.45. The second kappa shape index (κ2) is 9.27. The Morgan fingerprint density at radius 1 is 1.30 bits per heavy atom. The molecular weight excluding hydrogens is 268 g/mol. The number of hydrogen-bond acceptors (Lipinski definition) is 4. The third kappa shape index (κ3) is 6.64. The van der Waals surface area contributed by atoms with Gasteiger partial charge in [0.2, 0.25) is 0 Å². The van der Waals surface area contributed by atoms with Crippen LogP contribution in [-0.4, -0.2) is 44.4 Å². The molecule has 0 spiro atoms. The van der Waals surface area contributed by atoms with Crippen LogP contribution in [0.5, 0.6) is 5.75 Å². The molecule has 1 aromatic carbocycles. The molecule has 1 aromatic rings. The van der Waals surface area contributed by atoms with Gasteiger partial charge in [0, 0.05) is 36.2 Å². The minimum absolute atomic E-state index is 0.509. The number of nitrogens with zero attached hydrogens (tertiary/aromatic N) is 1. The van der Waals surface area contributed by atoms with Gasteiger partial charge in [-0.2, -0.15) is 11.8 Å². The van der Waals surface area contributed by atoms with Gasteiger partial charge in [0.25, 0.3) is 0 Å². The largest absolute Gasteiger partial charge is 0.496 e. The van der Waals surface area contributed by atoms with E-state index in [1.165, 1.54) is 11.1 Å². The molecule has 0 radical (unpaired) electrons. The first-order valence-electron chi connectivity index (χ1n) is 7.14. The van der Waals surface area contributed by atoms with E-state index < -0.39 is 0 Å². The number of rotatable bonds is 9. The Morgan fingerprint density at radius 2 is 2.05 bits per heavy atom. The van der Waals surface area contributed by atoms with Crippen LogP contribution in [0.25, 0.3) is 0 Å². The highest BCUT2D eigenvalue weighted by atomic mass is 32.2. The molecule has 0 amide bonds. The first kappa shape index (κ1) is 17.3. The molecule has 0 unspecified atom stereocenters. The van der Waals surface area contributed by atoms with Crippen molar-refractivity contribution in [3.05, 3.63) is 29.3 Å². The molecule has 3 nitrogen and oxygen atoms in total. The van der Waals surface area contributed by atoms with Crippen molar-refractivity contribution in [1.82, 2.24) is 10.2 Å². The molecule has 4 heteroatoms. The lowest BCUT2D eigenvalue weighted by Gasteiger charge is -2.13. The van der Waals surface area contributed by atoms with E-state index in [1.54, 1.807) is 7.11 Å². The zero-order valence-electron chi connectivity index (χ0n) is 13.4. The highest BCUT2D eigenvalue weighted by molar-refractivity contribution is 7.98. The van der Waals surface area contributed by atoms with Crippen LogP contribution < -0.4 is 10.1 Å². The topological polar surface area (TPSA) is 24.5 Å². The van der Waals surface area contributed by atoms with E-state index in [2.05, 4.69) is 56.4 Å². The summed E-state index contributed by atoms with van der Waals surface area (Å²) >= 11 is 1.96. The Morgan fingerprint density at radius 3 is 2.65 bits per heavy atom. The van der Waals surface area contributed by atoms with Gasteiger partial charge in [-0.3, -0.25) is 0 Å². The fourth-order valence-corrected chi connectivity index (χ4v) is 2.89. The van der Waals surface area contributed by atoms with Gasteiger partial charge in [0.05, 0.1) is 7.11 Å². The first-order valence-corrected chi connectivity index (χ1v) is 8.30. The maximum atomic E-state index is 5.46. The second-order valence-corrected chi connectivity index (χ2v) is 6.64. The predicted octanol–water partition coefficient (Wildman–Crippen LogP) is 2.99. The third-order valence-corrected chi connectivity index (χ3v) is 3.99. The van der Waals surface area contributed by atoms with Crippen molar-refractivity contribution in [2.24, 2.45) is 0 Å². The fraction of sp³-hybridized carbons (Fsp3) is 0.625. The molecule has 0 aliphatic carbocycles. The maximum Gasteiger partial charge on any atom is 0.122 e. The second-order valence-electron chi connectivity index (χ2n) is 5.54. The molecule has 0 atom stereocenters. The molecule has 0 bridgehead atoms. The van der Waals surface area contributed by atoms with Crippen LogP contribution in [0, 0.1) is 0 Å². The van der Waals surface area contributed by atoms with E-state index in [0.717, 1.165) is 30.3 Å². The van der Waals surface area contributed by atoms with Crippen molar-refractivity contribution in [3.8, 4) is 5.75 Å². The van der Waals surface area contributed by atoms with Crippen LogP contribution in [0.1, 0.15) is 25.0 Å². The molecule has 0 aliphatic rings. The van der Waals surface area contributed by atoms with Crippen LogP contribution in [0.3, 0.4) is 0 Å². The summed E-state index contributed by atoms with van der Waals surface area (Å²) in [6, 6.07) is 6.99. The molecule has 0 aromatic heterocycles. The van der Waals surface area contributed by atoms with Gasteiger partial charge < -0.3 is 15.0 Å². The van der Waals surface area contributed by atoms with Crippen molar-refractivity contribution in [3.63, 3.8) is 0 Å². The fourth-order valence-electron chi connectivity index (χ4n) is 1.81. The lowest BCUT2D eigenvalue weighted by Crippen LogP contribution is -2.21. The van der Waals surface area contributed by atoms with Crippen LogP contribution in [0.4, 0.5) is 0 Å². The quantitative estimate of drug-likeness (QED) is 0.708. The molecule has 114 valence electrons. The third-order valence-electron chi connectivity index (χ3n) is 3.00. The van der Waals surface area contributed by atoms with Gasteiger partial charge in [-0.15, -0.1) is 0 Å². The lowest BCUT2D eigenvalue weighted by molar-refractivity contribution is 0.411. The summed E-state index contributed by atoms with van der Waals surface area (Å²) in [4.78, 5) is 2.22. The van der Waals surface area contributed by atoms with Gasteiger partial charge in [0.1, 0.15) is 5.75 Å². The Kier molecular flexibility index (Phi) is 8.04. The molecule has 1 N–H and O–H groups in total. The van der Waals surface area contributed by atoms with Crippen molar-refractivity contribution < 1.29 is 4.74 Å². The smallest absolute Gasteiger partial charge is 0.122 e. The molecular formula is C16H28N2OS. The zero-order valence-corrected chi connectivity index (χ0v) is 14.2. The zero-order chi connectivity index (χ0) is 15.0. The van der Waals surface area contributed by atoms with Gasteiger partial charge in [-0.1, -0.05) is 19.9 Å². The Bertz CT molecular complexity index is 394. The standard InChI is InChI=1S/C16H28N2OS/c1-13(2)17-11-14-6-7-16(19-5)15(10-14)12-20-9-8-18(3)4/h6-7,10,13,17H,8-9,11-12H2,1-5H3. The van der Waals surface area contributed by atoms with Crippen molar-refractivity contribution >= 4 is 11.8 Å². The van der Waals surface area contributed by atoms with Gasteiger partial charge in [-0.25, -0.2) is 0 Å². The van der Waals surface area contributed by atoms with Crippen LogP contribution in [0.2, 0.25) is 0 Å². The number of ether oxygens (including phenoxy) is 1. The van der Waals surface area contributed by atoms with Crippen LogP contribution in [-0.2, 0) is 12.3 Å². The summed E-state index contributed by atoms with van der Waals surface area (Å²) in [6.45, 7) is 6.36. The van der Waals surface area contributed by atoms with Gasteiger partial charge in [-0.05, 0) is 31.8 Å². The molecule has 0 saturated carbocycles. The van der Waals surface area contributed by atoms with E-state index in [9.17, 15) is 0 Å². The molecule has 0 aliphatic heterocycles. The van der Waals surface area contributed by atoms with Crippen molar-refractivity contribution in [1.29, 1.82) is 0 Å². The van der Waals surface area contributed by atoms with E-state index in [4.69, 9.17) is 4.74 Å². The average molecular weight is 296 g/mol. The van der Waals surface area contributed by atoms with Crippen LogP contribution >= 0.6 is 11.8 Å². The van der Waals surface area contributed by atoms with E-state index in [1.807, 2.05) is 11.8 Å². The number of methoxy groups -OCH3 is 1. The highest BCUT2D eigenvalue weighted by Gasteiger charge is 2.05.